The van der Waals surface area contributed by atoms with Crippen LogP contribution in [0.4, 0.5) is 5.69 Å². The highest BCUT2D eigenvalue weighted by Gasteiger charge is 2.32. The second-order valence-electron chi connectivity index (χ2n) is 7.99. The minimum Gasteiger partial charge on any atom is -0.330 e. The van der Waals surface area contributed by atoms with E-state index >= 15 is 0 Å². The third kappa shape index (κ3) is 4.52. The summed E-state index contributed by atoms with van der Waals surface area (Å²) in [6.07, 6.45) is 3.68. The van der Waals surface area contributed by atoms with Crippen molar-refractivity contribution in [2.45, 2.75) is 39.2 Å². The molecule has 3 aromatic rings. The zero-order chi connectivity index (χ0) is 22.3. The first-order chi connectivity index (χ1) is 14.6. The molecule has 10 heteroatoms. The summed E-state index contributed by atoms with van der Waals surface area (Å²) in [5.41, 5.74) is 3.72. The number of halogens is 1. The molecule has 0 spiro atoms. The molecule has 1 aromatic carbocycles. The standard InChI is InChI=1S/C21H24ClN5O3S/c1-13-7-8-16(25-31(3,29)30)15(10-13)21(28)26-9-5-4-6-18(26)17-12-20-23-19(22)11-14(2)27(20)24-17/h7-8,10-12,18,25H,4-6,9H2,1-3H3. The van der Waals surface area contributed by atoms with Crippen LogP contribution >= 0.6 is 11.6 Å². The first-order valence-corrected chi connectivity index (χ1v) is 12.3. The maximum absolute atomic E-state index is 13.6. The number of carbonyl (C=O) groups excluding carboxylic acids is 1. The number of fused-ring (bicyclic) bond motifs is 1. The van der Waals surface area contributed by atoms with Gasteiger partial charge in [-0.2, -0.15) is 5.10 Å². The number of nitrogens with zero attached hydrogens (tertiary/aromatic N) is 4. The lowest BCUT2D eigenvalue weighted by molar-refractivity contribution is 0.0606. The molecule has 2 aromatic heterocycles. The van der Waals surface area contributed by atoms with Crippen molar-refractivity contribution in [2.24, 2.45) is 0 Å². The summed E-state index contributed by atoms with van der Waals surface area (Å²) in [6, 6.07) is 8.50. The zero-order valence-electron chi connectivity index (χ0n) is 17.6. The van der Waals surface area contributed by atoms with Crippen molar-refractivity contribution < 1.29 is 13.2 Å². The van der Waals surface area contributed by atoms with Gasteiger partial charge >= 0.3 is 0 Å². The van der Waals surface area contributed by atoms with Gasteiger partial charge in [0.2, 0.25) is 10.0 Å². The highest BCUT2D eigenvalue weighted by molar-refractivity contribution is 7.92. The van der Waals surface area contributed by atoms with E-state index in [0.717, 1.165) is 42.5 Å². The molecule has 1 amide bonds. The molecule has 1 aliphatic heterocycles. The molecular formula is C21H24ClN5O3S. The Bertz CT molecular complexity index is 1270. The summed E-state index contributed by atoms with van der Waals surface area (Å²) in [5.74, 6) is -0.223. The maximum Gasteiger partial charge on any atom is 0.256 e. The van der Waals surface area contributed by atoms with Gasteiger partial charge in [-0.3, -0.25) is 9.52 Å². The number of piperidine rings is 1. The monoisotopic (exact) mass is 461 g/mol. The molecule has 164 valence electrons. The molecule has 1 unspecified atom stereocenters. The number of carbonyl (C=O) groups is 1. The van der Waals surface area contributed by atoms with Crippen LogP contribution in [0.25, 0.3) is 5.65 Å². The quantitative estimate of drug-likeness (QED) is 0.597. The van der Waals surface area contributed by atoms with Crippen molar-refractivity contribution in [3.63, 3.8) is 0 Å². The number of anilines is 1. The predicted octanol–water partition coefficient (Wildman–Crippen LogP) is 3.74. The van der Waals surface area contributed by atoms with Gasteiger partial charge in [0.15, 0.2) is 5.65 Å². The van der Waals surface area contributed by atoms with Crippen LogP contribution in [-0.2, 0) is 10.0 Å². The number of benzene rings is 1. The van der Waals surface area contributed by atoms with E-state index in [2.05, 4.69) is 9.71 Å². The molecule has 1 fully saturated rings. The molecule has 1 saturated heterocycles. The Balaban J connectivity index is 1.74. The van der Waals surface area contributed by atoms with Gasteiger partial charge < -0.3 is 4.90 Å². The van der Waals surface area contributed by atoms with Crippen molar-refractivity contribution in [1.29, 1.82) is 0 Å². The van der Waals surface area contributed by atoms with Gasteiger partial charge in [-0.05, 0) is 51.3 Å². The van der Waals surface area contributed by atoms with Crippen molar-refractivity contribution >= 4 is 38.9 Å². The normalized spacial score (nSPS) is 17.2. The van der Waals surface area contributed by atoms with Gasteiger partial charge in [0, 0.05) is 18.3 Å². The van der Waals surface area contributed by atoms with Crippen LogP contribution in [0.3, 0.4) is 0 Å². The molecule has 0 saturated carbocycles. The van der Waals surface area contributed by atoms with Crippen LogP contribution in [0.1, 0.15) is 52.6 Å². The van der Waals surface area contributed by atoms with Gasteiger partial charge in [-0.25, -0.2) is 17.9 Å². The Labute approximate surface area is 186 Å². The highest BCUT2D eigenvalue weighted by atomic mass is 35.5. The fourth-order valence-electron chi connectivity index (χ4n) is 4.03. The fraction of sp³-hybridized carbons (Fsp3) is 0.381. The largest absolute Gasteiger partial charge is 0.330 e. The number of likely N-dealkylation sites (tertiary alicyclic amines) is 1. The summed E-state index contributed by atoms with van der Waals surface area (Å²) < 4.78 is 27.8. The fourth-order valence-corrected chi connectivity index (χ4v) is 4.85. The Morgan fingerprint density at radius 2 is 1.97 bits per heavy atom. The molecule has 0 radical (unpaired) electrons. The lowest BCUT2D eigenvalue weighted by atomic mass is 9.97. The number of hydrogen-bond acceptors (Lipinski definition) is 5. The second kappa shape index (κ2) is 8.12. The number of amides is 1. The molecule has 1 aliphatic rings. The second-order valence-corrected chi connectivity index (χ2v) is 10.1. The summed E-state index contributed by atoms with van der Waals surface area (Å²) in [4.78, 5) is 19.7. The van der Waals surface area contributed by atoms with Gasteiger partial charge in [-0.15, -0.1) is 0 Å². The molecule has 0 aliphatic carbocycles. The number of rotatable bonds is 4. The Morgan fingerprint density at radius 3 is 2.71 bits per heavy atom. The van der Waals surface area contributed by atoms with Crippen molar-refractivity contribution in [2.75, 3.05) is 17.5 Å². The van der Waals surface area contributed by atoms with Gasteiger partial charge in [-0.1, -0.05) is 23.2 Å². The Kier molecular flexibility index (Phi) is 5.65. The van der Waals surface area contributed by atoms with Crippen LogP contribution in [0, 0.1) is 13.8 Å². The van der Waals surface area contributed by atoms with Crippen LogP contribution in [0.5, 0.6) is 0 Å². The molecule has 3 heterocycles. The lowest BCUT2D eigenvalue weighted by Gasteiger charge is -2.35. The van der Waals surface area contributed by atoms with E-state index in [1.807, 2.05) is 19.9 Å². The SMILES string of the molecule is Cc1ccc(NS(C)(=O)=O)c(C(=O)N2CCCCC2c2cc3nc(Cl)cc(C)n3n2)c1. The van der Waals surface area contributed by atoms with Crippen molar-refractivity contribution in [3.05, 3.63) is 58.0 Å². The number of sulfonamides is 1. The molecule has 1 atom stereocenters. The summed E-state index contributed by atoms with van der Waals surface area (Å²) in [5, 5.41) is 5.09. The number of aromatic nitrogens is 3. The van der Waals surface area contributed by atoms with E-state index in [1.165, 1.54) is 0 Å². The van der Waals surface area contributed by atoms with E-state index in [4.69, 9.17) is 16.7 Å². The third-order valence-electron chi connectivity index (χ3n) is 5.40. The summed E-state index contributed by atoms with van der Waals surface area (Å²) in [6.45, 7) is 4.34. The van der Waals surface area contributed by atoms with E-state index < -0.39 is 10.0 Å². The topological polar surface area (TPSA) is 96.7 Å². The average molecular weight is 462 g/mol. The van der Waals surface area contributed by atoms with Gasteiger partial charge in [0.25, 0.3) is 5.91 Å². The van der Waals surface area contributed by atoms with E-state index in [9.17, 15) is 13.2 Å². The zero-order valence-corrected chi connectivity index (χ0v) is 19.2. The summed E-state index contributed by atoms with van der Waals surface area (Å²) in [7, 11) is -3.53. The summed E-state index contributed by atoms with van der Waals surface area (Å²) >= 11 is 6.09. The maximum atomic E-state index is 13.6. The van der Waals surface area contributed by atoms with Crippen molar-refractivity contribution in [1.82, 2.24) is 19.5 Å². The van der Waals surface area contributed by atoms with Gasteiger partial charge in [0.05, 0.1) is 29.2 Å². The van der Waals surface area contributed by atoms with E-state index in [1.54, 1.807) is 33.7 Å². The van der Waals surface area contributed by atoms with Crippen LogP contribution < -0.4 is 4.72 Å². The minimum atomic E-state index is -3.53. The third-order valence-corrected chi connectivity index (χ3v) is 6.18. The Hall–Kier alpha value is -2.65. The van der Waals surface area contributed by atoms with Crippen LogP contribution in [0.15, 0.2) is 30.3 Å². The average Bonchev–Trinajstić information content (AvgIpc) is 3.12. The molecule has 0 bridgehead atoms. The first kappa shape index (κ1) is 21.6. The van der Waals surface area contributed by atoms with Gasteiger partial charge in [0.1, 0.15) is 5.15 Å². The molecule has 4 rings (SSSR count). The molecular weight excluding hydrogens is 438 g/mol. The molecule has 31 heavy (non-hydrogen) atoms. The van der Waals surface area contributed by atoms with Crippen molar-refractivity contribution in [3.8, 4) is 0 Å². The lowest BCUT2D eigenvalue weighted by Crippen LogP contribution is -2.39. The molecule has 8 nitrogen and oxygen atoms in total. The van der Waals surface area contributed by atoms with E-state index in [-0.39, 0.29) is 17.6 Å². The number of nitrogens with one attached hydrogen (secondary N) is 1. The number of hydrogen-bond donors (Lipinski definition) is 1. The molecule has 1 N–H and O–H groups in total. The predicted molar refractivity (Wildman–Crippen MR) is 120 cm³/mol. The first-order valence-electron chi connectivity index (χ1n) is 10.0. The van der Waals surface area contributed by atoms with Crippen LogP contribution in [0.2, 0.25) is 5.15 Å². The smallest absolute Gasteiger partial charge is 0.256 e. The van der Waals surface area contributed by atoms with E-state index in [0.29, 0.717) is 22.9 Å². The highest BCUT2D eigenvalue weighted by Crippen LogP contribution is 2.33. The minimum absolute atomic E-state index is 0.223. The number of aryl methyl sites for hydroxylation is 2. The van der Waals surface area contributed by atoms with Crippen LogP contribution in [-0.4, -0.2) is 46.6 Å². The Morgan fingerprint density at radius 1 is 1.19 bits per heavy atom.